The number of methoxy groups -OCH3 is 2. The van der Waals surface area contributed by atoms with E-state index in [0.29, 0.717) is 29.2 Å². The molecule has 0 aliphatic heterocycles. The zero-order valence-corrected chi connectivity index (χ0v) is 23.2. The maximum Gasteiger partial charge on any atom is 0.406 e. The van der Waals surface area contributed by atoms with E-state index in [1.165, 1.54) is 21.1 Å². The van der Waals surface area contributed by atoms with Crippen LogP contribution in [0.1, 0.15) is 33.2 Å². The number of rotatable bonds is 13. The number of imidazole rings is 1. The molecule has 37 heavy (non-hydrogen) atoms. The monoisotopic (exact) mass is 556 g/mol. The van der Waals surface area contributed by atoms with Crippen LogP contribution in [-0.2, 0) is 27.9 Å². The van der Waals surface area contributed by atoms with E-state index in [1.54, 1.807) is 20.2 Å². The van der Waals surface area contributed by atoms with E-state index in [1.807, 2.05) is 16.7 Å². The number of nitrogens with zero attached hydrogens (tertiary/aromatic N) is 4. The number of carbonyl (C=O) groups excluding carboxylic acids is 2. The molecule has 0 aromatic carbocycles. The van der Waals surface area contributed by atoms with Crippen LogP contribution >= 0.6 is 19.5 Å². The maximum atomic E-state index is 13.4. The molecule has 3 rings (SSSR count). The van der Waals surface area contributed by atoms with Gasteiger partial charge < -0.3 is 19.8 Å². The van der Waals surface area contributed by atoms with E-state index in [2.05, 4.69) is 20.0 Å². The van der Waals surface area contributed by atoms with Gasteiger partial charge in [-0.25, -0.2) is 14.6 Å². The number of nitrogen functional groups attached to an aromatic ring is 1. The molecule has 2 aromatic rings. The van der Waals surface area contributed by atoms with Gasteiger partial charge in [-0.2, -0.15) is 9.97 Å². The average molecular weight is 557 g/mol. The van der Waals surface area contributed by atoms with Gasteiger partial charge in [-0.05, 0) is 13.3 Å². The van der Waals surface area contributed by atoms with Crippen LogP contribution in [0.5, 0.6) is 5.88 Å². The van der Waals surface area contributed by atoms with Gasteiger partial charge in [0.2, 0.25) is 11.8 Å². The fraction of sp³-hybridized carbons (Fsp3) is 0.591. The Morgan fingerprint density at radius 2 is 2.00 bits per heavy atom. The second-order valence-electron chi connectivity index (χ2n) is 8.69. The molecule has 1 aliphatic rings. The van der Waals surface area contributed by atoms with Crippen molar-refractivity contribution in [3.05, 3.63) is 18.5 Å². The molecular formula is C22H33N6O7PS. The summed E-state index contributed by atoms with van der Waals surface area (Å²) >= 11 is 1.09. The third-order valence-electron chi connectivity index (χ3n) is 5.53. The molecule has 0 radical (unpaired) electrons. The summed E-state index contributed by atoms with van der Waals surface area (Å²) in [5, 5.41) is 2.63. The molecule has 2 heterocycles. The maximum absolute atomic E-state index is 13.4. The molecule has 1 aliphatic carbocycles. The second kappa shape index (κ2) is 12.8. The lowest BCUT2D eigenvalue weighted by Gasteiger charge is -2.23. The molecule has 0 fully saturated rings. The van der Waals surface area contributed by atoms with Gasteiger partial charge in [-0.15, -0.1) is 0 Å². The van der Waals surface area contributed by atoms with Gasteiger partial charge in [0.25, 0.3) is 0 Å². The van der Waals surface area contributed by atoms with Crippen molar-refractivity contribution < 1.29 is 32.7 Å². The van der Waals surface area contributed by atoms with Crippen molar-refractivity contribution in [3.8, 4) is 5.88 Å². The molecule has 4 atom stereocenters. The number of nitrogens with two attached hydrogens (primary N) is 1. The summed E-state index contributed by atoms with van der Waals surface area (Å²) in [4.78, 5) is 36.4. The molecule has 13 nitrogen and oxygen atoms in total. The lowest BCUT2D eigenvalue weighted by atomic mass is 10.1. The quantitative estimate of drug-likeness (QED) is 0.160. The first-order chi connectivity index (χ1) is 17.6. The Hall–Kier alpha value is -2.51. The SMILES string of the molecule is COC(=O)[C@H](C)NP(=O)(OCCSC(=O)C(C)C)OC[C@@H]1C=C[C@H](n2cnc3c(OC)nc(N)nc32)C1. The third-order valence-corrected chi connectivity index (χ3v) is 8.37. The van der Waals surface area contributed by atoms with Gasteiger partial charge in [-0.1, -0.05) is 37.8 Å². The minimum atomic E-state index is -3.90. The van der Waals surface area contributed by atoms with Gasteiger partial charge in [0.15, 0.2) is 16.3 Å². The van der Waals surface area contributed by atoms with Crippen LogP contribution in [0.3, 0.4) is 0 Å². The first kappa shape index (κ1) is 29.1. The number of anilines is 1. The molecule has 15 heteroatoms. The van der Waals surface area contributed by atoms with E-state index in [0.717, 1.165) is 11.8 Å². The molecule has 204 valence electrons. The van der Waals surface area contributed by atoms with E-state index in [4.69, 9.17) is 24.3 Å². The molecule has 0 amide bonds. The summed E-state index contributed by atoms with van der Waals surface area (Å²) in [7, 11) is -1.18. The average Bonchev–Trinajstić information content (AvgIpc) is 3.51. The van der Waals surface area contributed by atoms with Gasteiger partial charge in [-0.3, -0.25) is 18.6 Å². The van der Waals surface area contributed by atoms with Gasteiger partial charge in [0.1, 0.15) is 6.04 Å². The minimum Gasteiger partial charge on any atom is -0.479 e. The summed E-state index contributed by atoms with van der Waals surface area (Å²) < 4.78 is 36.5. The van der Waals surface area contributed by atoms with Crippen molar-refractivity contribution in [2.75, 3.05) is 38.9 Å². The zero-order valence-electron chi connectivity index (χ0n) is 21.4. The molecule has 2 aromatic heterocycles. The highest BCUT2D eigenvalue weighted by Gasteiger charge is 2.33. The standard InChI is InChI=1S/C22H33N6O7PS/c1-13(2)21(30)37-9-8-34-36(31,27-14(3)20(29)33-5)35-11-15-6-7-16(10-15)28-12-24-17-18(28)25-22(23)26-19(17)32-4/h6-7,12-16H,8-11H2,1-5H3,(H,27,31)(H2,23,25,26)/t14-,15+,16-,36?/m0/s1. The summed E-state index contributed by atoms with van der Waals surface area (Å²) in [5.74, 6) is -0.171. The van der Waals surface area contributed by atoms with Crippen molar-refractivity contribution in [3.63, 3.8) is 0 Å². The number of nitrogens with one attached hydrogen (secondary N) is 1. The zero-order chi connectivity index (χ0) is 27.2. The van der Waals surface area contributed by atoms with E-state index in [-0.39, 0.29) is 42.2 Å². The van der Waals surface area contributed by atoms with Gasteiger partial charge in [0, 0.05) is 17.6 Å². The van der Waals surface area contributed by atoms with Gasteiger partial charge >= 0.3 is 13.7 Å². The Labute approximate surface area is 219 Å². The molecule has 0 saturated heterocycles. The molecule has 0 bridgehead atoms. The fourth-order valence-electron chi connectivity index (χ4n) is 3.61. The van der Waals surface area contributed by atoms with Crippen molar-refractivity contribution in [1.29, 1.82) is 0 Å². The number of thioether (sulfide) groups is 1. The van der Waals surface area contributed by atoms with Crippen LogP contribution in [0.15, 0.2) is 18.5 Å². The highest BCUT2D eigenvalue weighted by molar-refractivity contribution is 8.13. The number of esters is 1. The molecule has 0 saturated carbocycles. The first-order valence-corrected chi connectivity index (χ1v) is 14.2. The normalized spacial score (nSPS) is 19.7. The van der Waals surface area contributed by atoms with Crippen molar-refractivity contribution >= 4 is 47.7 Å². The summed E-state index contributed by atoms with van der Waals surface area (Å²) in [6, 6.07) is -1.02. The Morgan fingerprint density at radius 3 is 2.68 bits per heavy atom. The second-order valence-corrected chi connectivity index (χ2v) is 11.6. The summed E-state index contributed by atoms with van der Waals surface area (Å²) in [6.07, 6.45) is 6.18. The smallest absolute Gasteiger partial charge is 0.406 e. The Kier molecular flexibility index (Phi) is 10.1. The van der Waals surface area contributed by atoms with E-state index in [9.17, 15) is 14.2 Å². The molecule has 3 N–H and O–H groups in total. The number of fused-ring (bicyclic) bond motifs is 1. The molecule has 1 unspecified atom stereocenters. The minimum absolute atomic E-state index is 0.00554. The van der Waals surface area contributed by atoms with Crippen LogP contribution in [0.4, 0.5) is 5.95 Å². The summed E-state index contributed by atoms with van der Waals surface area (Å²) in [6.45, 7) is 5.17. The fourth-order valence-corrected chi connectivity index (χ4v) is 5.96. The van der Waals surface area contributed by atoms with Crippen LogP contribution in [0, 0.1) is 11.8 Å². The number of carbonyl (C=O) groups is 2. The highest BCUT2D eigenvalue weighted by Crippen LogP contribution is 2.46. The van der Waals surface area contributed by atoms with Crippen LogP contribution in [-0.4, -0.2) is 69.8 Å². The van der Waals surface area contributed by atoms with Crippen LogP contribution < -0.4 is 15.6 Å². The largest absolute Gasteiger partial charge is 0.479 e. The first-order valence-electron chi connectivity index (χ1n) is 11.7. The highest BCUT2D eigenvalue weighted by atomic mass is 32.2. The molecular weight excluding hydrogens is 523 g/mol. The van der Waals surface area contributed by atoms with Crippen LogP contribution in [0.2, 0.25) is 0 Å². The number of hydrogen-bond acceptors (Lipinski definition) is 12. The van der Waals surface area contributed by atoms with Crippen molar-refractivity contribution in [2.45, 2.75) is 39.3 Å². The van der Waals surface area contributed by atoms with Crippen molar-refractivity contribution in [1.82, 2.24) is 24.6 Å². The van der Waals surface area contributed by atoms with Gasteiger partial charge in [0.05, 0.1) is 39.8 Å². The molecule has 0 spiro atoms. The lowest BCUT2D eigenvalue weighted by Crippen LogP contribution is -2.34. The number of ether oxygens (including phenoxy) is 2. The predicted octanol–water partition coefficient (Wildman–Crippen LogP) is 2.74. The van der Waals surface area contributed by atoms with E-state index < -0.39 is 19.8 Å². The number of hydrogen-bond donors (Lipinski definition) is 2. The third kappa shape index (κ3) is 7.51. The number of allylic oxidation sites excluding steroid dienone is 1. The topological polar surface area (TPSA) is 170 Å². The lowest BCUT2D eigenvalue weighted by molar-refractivity contribution is -0.142. The van der Waals surface area contributed by atoms with E-state index >= 15 is 0 Å². The predicted molar refractivity (Wildman–Crippen MR) is 139 cm³/mol. The van der Waals surface area contributed by atoms with Crippen molar-refractivity contribution in [2.24, 2.45) is 11.8 Å². The summed E-state index contributed by atoms with van der Waals surface area (Å²) in [5.41, 5.74) is 6.85. The van der Waals surface area contributed by atoms with Crippen LogP contribution in [0.25, 0.3) is 11.2 Å². The Morgan fingerprint density at radius 1 is 1.24 bits per heavy atom. The Bertz CT molecular complexity index is 1190. The number of aromatic nitrogens is 4. The Balaban J connectivity index is 1.63.